The molecule has 106 valence electrons. The van der Waals surface area contributed by atoms with E-state index in [0.717, 1.165) is 0 Å². The number of nitrogens with zero attached hydrogens (tertiary/aromatic N) is 1. The number of benzene rings is 1. The lowest BCUT2D eigenvalue weighted by Gasteiger charge is -2.01. The second kappa shape index (κ2) is 6.49. The number of likely N-dealkylation sites (N-methyl/N-ethyl adjacent to an activating group) is 1. The number of halogens is 2. The second-order valence-electron chi connectivity index (χ2n) is 4.08. The highest BCUT2D eigenvalue weighted by atomic mass is 35.5. The Hall–Kier alpha value is -2.22. The first-order valence-electron chi connectivity index (χ1n) is 5.94. The Kier molecular flexibility index (Phi) is 4.69. The zero-order valence-corrected chi connectivity index (χ0v) is 12.5. The average molecular weight is 321 g/mol. The van der Waals surface area contributed by atoms with Crippen LogP contribution in [-0.4, -0.2) is 13.0 Å². The summed E-state index contributed by atoms with van der Waals surface area (Å²) in [7, 11) is 1.45. The van der Waals surface area contributed by atoms with E-state index in [1.165, 1.54) is 13.1 Å². The minimum Gasteiger partial charge on any atom is -0.457 e. The molecule has 1 N–H and O–H groups in total. The predicted molar refractivity (Wildman–Crippen MR) is 81.8 cm³/mol. The highest BCUT2D eigenvalue weighted by Gasteiger charge is 2.11. The molecule has 0 aliphatic heterocycles. The van der Waals surface area contributed by atoms with E-state index in [2.05, 4.69) is 5.32 Å². The molecule has 4 nitrogen and oxygen atoms in total. The lowest BCUT2D eigenvalue weighted by Crippen LogP contribution is -2.18. The van der Waals surface area contributed by atoms with Crippen molar-refractivity contribution < 1.29 is 9.21 Å². The van der Waals surface area contributed by atoms with Gasteiger partial charge in [-0.25, -0.2) is 0 Å². The highest BCUT2D eigenvalue weighted by molar-refractivity contribution is 6.36. The van der Waals surface area contributed by atoms with Crippen molar-refractivity contribution in [2.24, 2.45) is 0 Å². The smallest absolute Gasteiger partial charge is 0.261 e. The molecule has 0 bridgehead atoms. The minimum absolute atomic E-state index is 0.0411. The van der Waals surface area contributed by atoms with Crippen LogP contribution in [0, 0.1) is 11.3 Å². The van der Waals surface area contributed by atoms with Gasteiger partial charge in [-0.05, 0) is 30.3 Å². The third kappa shape index (κ3) is 3.46. The van der Waals surface area contributed by atoms with Crippen LogP contribution in [0.1, 0.15) is 5.76 Å². The van der Waals surface area contributed by atoms with Crippen LogP contribution >= 0.6 is 23.2 Å². The molecule has 1 amide bonds. The van der Waals surface area contributed by atoms with Gasteiger partial charge in [0.15, 0.2) is 0 Å². The van der Waals surface area contributed by atoms with Crippen molar-refractivity contribution in [1.82, 2.24) is 5.32 Å². The summed E-state index contributed by atoms with van der Waals surface area (Å²) in [5, 5.41) is 12.3. The fraction of sp³-hybridized carbons (Fsp3) is 0.0667. The molecule has 0 fully saturated rings. The van der Waals surface area contributed by atoms with Gasteiger partial charge in [-0.2, -0.15) is 5.26 Å². The Morgan fingerprint density at radius 1 is 1.33 bits per heavy atom. The number of rotatable bonds is 3. The van der Waals surface area contributed by atoms with E-state index in [1.54, 1.807) is 30.3 Å². The molecular weight excluding hydrogens is 311 g/mol. The van der Waals surface area contributed by atoms with Gasteiger partial charge >= 0.3 is 0 Å². The van der Waals surface area contributed by atoms with Gasteiger partial charge in [0.2, 0.25) is 0 Å². The summed E-state index contributed by atoms with van der Waals surface area (Å²) in [6.45, 7) is 0. The van der Waals surface area contributed by atoms with Gasteiger partial charge in [-0.3, -0.25) is 4.79 Å². The van der Waals surface area contributed by atoms with E-state index in [9.17, 15) is 4.79 Å². The third-order valence-electron chi connectivity index (χ3n) is 2.70. The van der Waals surface area contributed by atoms with E-state index in [4.69, 9.17) is 32.9 Å². The topological polar surface area (TPSA) is 66.0 Å². The van der Waals surface area contributed by atoms with Crippen LogP contribution in [0.4, 0.5) is 0 Å². The second-order valence-corrected chi connectivity index (χ2v) is 4.92. The van der Waals surface area contributed by atoms with Crippen molar-refractivity contribution in [1.29, 1.82) is 5.26 Å². The molecule has 2 aromatic rings. The number of hydrogen-bond acceptors (Lipinski definition) is 3. The SMILES string of the molecule is CNC(=O)/C(C#N)=C\c1ccc(-c2ccc(Cl)cc2Cl)o1. The molecule has 1 aromatic carbocycles. The molecule has 0 saturated heterocycles. The molecule has 2 rings (SSSR count). The van der Waals surface area contributed by atoms with E-state index in [0.29, 0.717) is 27.1 Å². The van der Waals surface area contributed by atoms with Crippen molar-refractivity contribution in [3.8, 4) is 17.4 Å². The fourth-order valence-electron chi connectivity index (χ4n) is 1.69. The third-order valence-corrected chi connectivity index (χ3v) is 3.25. The normalized spacial score (nSPS) is 11.0. The van der Waals surface area contributed by atoms with Crippen LogP contribution in [0.25, 0.3) is 17.4 Å². The maximum Gasteiger partial charge on any atom is 0.261 e. The molecule has 1 heterocycles. The number of amides is 1. The number of nitrogens with one attached hydrogen (secondary N) is 1. The summed E-state index contributed by atoms with van der Waals surface area (Å²) in [5.74, 6) is 0.438. The predicted octanol–water partition coefficient (Wildman–Crippen LogP) is 3.91. The summed E-state index contributed by atoms with van der Waals surface area (Å²) in [6.07, 6.45) is 1.37. The number of carbonyl (C=O) groups is 1. The molecule has 0 aliphatic carbocycles. The van der Waals surface area contributed by atoms with Gasteiger partial charge in [0.05, 0.1) is 5.02 Å². The molecule has 21 heavy (non-hydrogen) atoms. The lowest BCUT2D eigenvalue weighted by atomic mass is 10.2. The van der Waals surface area contributed by atoms with Gasteiger partial charge in [0.25, 0.3) is 5.91 Å². The van der Waals surface area contributed by atoms with E-state index in [-0.39, 0.29) is 5.57 Å². The highest BCUT2D eigenvalue weighted by Crippen LogP contribution is 2.31. The Morgan fingerprint density at radius 2 is 2.10 bits per heavy atom. The van der Waals surface area contributed by atoms with Crippen LogP contribution in [-0.2, 0) is 4.79 Å². The molecule has 0 unspecified atom stereocenters. The number of furan rings is 1. The summed E-state index contributed by atoms with van der Waals surface area (Å²) in [5.41, 5.74) is 0.639. The Bertz CT molecular complexity index is 757. The summed E-state index contributed by atoms with van der Waals surface area (Å²) >= 11 is 11.9. The van der Waals surface area contributed by atoms with Gasteiger partial charge in [-0.15, -0.1) is 0 Å². The molecular formula is C15H10Cl2N2O2. The first kappa shape index (κ1) is 15.2. The van der Waals surface area contributed by atoms with Gasteiger partial charge < -0.3 is 9.73 Å². The van der Waals surface area contributed by atoms with E-state index < -0.39 is 5.91 Å². The minimum atomic E-state index is -0.472. The summed E-state index contributed by atoms with van der Waals surface area (Å²) < 4.78 is 5.58. The van der Waals surface area contributed by atoms with Gasteiger partial charge in [0.1, 0.15) is 23.2 Å². The summed E-state index contributed by atoms with van der Waals surface area (Å²) in [6, 6.07) is 10.2. The Labute approximate surface area is 131 Å². The maximum atomic E-state index is 11.4. The van der Waals surface area contributed by atoms with Gasteiger partial charge in [0, 0.05) is 23.7 Å². The number of nitriles is 1. The fourth-order valence-corrected chi connectivity index (χ4v) is 2.19. The molecule has 1 aromatic heterocycles. The van der Waals surface area contributed by atoms with Gasteiger partial charge in [-0.1, -0.05) is 23.2 Å². The maximum absolute atomic E-state index is 11.4. The first-order chi connectivity index (χ1) is 10.0. The van der Waals surface area contributed by atoms with Crippen LogP contribution in [0.15, 0.2) is 40.3 Å². The molecule has 0 atom stereocenters. The quantitative estimate of drug-likeness (QED) is 0.688. The zero-order chi connectivity index (χ0) is 15.4. The van der Waals surface area contributed by atoms with Crippen LogP contribution in [0.2, 0.25) is 10.0 Å². The average Bonchev–Trinajstić information content (AvgIpc) is 2.92. The molecule has 0 saturated carbocycles. The number of hydrogen-bond donors (Lipinski definition) is 1. The van der Waals surface area contributed by atoms with Crippen LogP contribution in [0.3, 0.4) is 0 Å². The Balaban J connectivity index is 2.36. The lowest BCUT2D eigenvalue weighted by molar-refractivity contribution is -0.116. The molecule has 0 radical (unpaired) electrons. The monoisotopic (exact) mass is 320 g/mol. The first-order valence-corrected chi connectivity index (χ1v) is 6.70. The van der Waals surface area contributed by atoms with Crippen LogP contribution in [0.5, 0.6) is 0 Å². The largest absolute Gasteiger partial charge is 0.457 e. The van der Waals surface area contributed by atoms with Crippen LogP contribution < -0.4 is 5.32 Å². The Morgan fingerprint density at radius 3 is 2.71 bits per heavy atom. The van der Waals surface area contributed by atoms with Crippen molar-refractivity contribution >= 4 is 35.2 Å². The summed E-state index contributed by atoms with van der Waals surface area (Å²) in [4.78, 5) is 11.4. The van der Waals surface area contributed by atoms with E-state index >= 15 is 0 Å². The molecule has 6 heteroatoms. The zero-order valence-electron chi connectivity index (χ0n) is 11.0. The van der Waals surface area contributed by atoms with Crippen molar-refractivity contribution in [2.75, 3.05) is 7.05 Å². The molecule has 0 aliphatic rings. The standard InChI is InChI=1S/C15H10Cl2N2O2/c1-19-15(20)9(8-18)6-11-3-5-14(21-11)12-4-2-10(16)7-13(12)17/h2-7H,1H3,(H,19,20)/b9-6-. The van der Waals surface area contributed by atoms with Crippen molar-refractivity contribution in [3.05, 3.63) is 51.7 Å². The number of carbonyl (C=O) groups excluding carboxylic acids is 1. The molecule has 0 spiro atoms. The van der Waals surface area contributed by atoms with E-state index in [1.807, 2.05) is 6.07 Å². The van der Waals surface area contributed by atoms with Crippen molar-refractivity contribution in [2.45, 2.75) is 0 Å². The van der Waals surface area contributed by atoms with Crippen molar-refractivity contribution in [3.63, 3.8) is 0 Å².